The molecule has 0 aromatic heterocycles. The maximum atomic E-state index is 5.73. The van der Waals surface area contributed by atoms with Crippen molar-refractivity contribution in [2.75, 3.05) is 7.11 Å². The normalized spacial score (nSPS) is 12.6. The van der Waals surface area contributed by atoms with Gasteiger partial charge in [-0.15, -0.1) is 0 Å². The van der Waals surface area contributed by atoms with E-state index >= 15 is 0 Å². The molecule has 1 aromatic rings. The van der Waals surface area contributed by atoms with Crippen molar-refractivity contribution >= 4 is 31.9 Å². The lowest BCUT2D eigenvalue weighted by Crippen LogP contribution is -2.17. The van der Waals surface area contributed by atoms with Gasteiger partial charge in [-0.1, -0.05) is 0 Å². The molecule has 0 spiro atoms. The van der Waals surface area contributed by atoms with Gasteiger partial charge in [-0.25, -0.2) is 0 Å². The minimum absolute atomic E-state index is 0.169. The third-order valence-corrected chi connectivity index (χ3v) is 3.00. The van der Waals surface area contributed by atoms with Gasteiger partial charge in [0.1, 0.15) is 5.75 Å². The van der Waals surface area contributed by atoms with Crippen molar-refractivity contribution in [2.24, 2.45) is 5.73 Å². The molecule has 0 amide bonds. The predicted molar refractivity (Wildman–Crippen MR) is 65.7 cm³/mol. The van der Waals surface area contributed by atoms with Gasteiger partial charge in [0.05, 0.1) is 16.1 Å². The molecule has 0 heterocycles. The molecule has 1 unspecified atom stereocenters. The SMILES string of the molecule is COc1c(Br)cc(CC(C)N)cc1Br. The summed E-state index contributed by atoms with van der Waals surface area (Å²) in [5.74, 6) is 0.818. The molecule has 0 aliphatic heterocycles. The number of nitrogens with two attached hydrogens (primary N) is 1. The predicted octanol–water partition coefficient (Wildman–Crippen LogP) is 3.11. The van der Waals surface area contributed by atoms with E-state index in [2.05, 4.69) is 31.9 Å². The molecule has 2 N–H and O–H groups in total. The highest BCUT2D eigenvalue weighted by atomic mass is 79.9. The Labute approximate surface area is 101 Å². The lowest BCUT2D eigenvalue weighted by Gasteiger charge is -2.10. The van der Waals surface area contributed by atoms with Gasteiger partial charge in [0.2, 0.25) is 0 Å². The fraction of sp³-hybridized carbons (Fsp3) is 0.400. The van der Waals surface area contributed by atoms with Crippen LogP contribution in [-0.2, 0) is 6.42 Å². The number of halogens is 2. The highest BCUT2D eigenvalue weighted by Gasteiger charge is 2.08. The molecule has 1 atom stereocenters. The Morgan fingerprint density at radius 3 is 2.21 bits per heavy atom. The number of methoxy groups -OCH3 is 1. The highest BCUT2D eigenvalue weighted by molar-refractivity contribution is 9.11. The summed E-state index contributed by atoms with van der Waals surface area (Å²) >= 11 is 6.90. The quantitative estimate of drug-likeness (QED) is 0.928. The number of rotatable bonds is 3. The van der Waals surface area contributed by atoms with E-state index in [9.17, 15) is 0 Å². The Morgan fingerprint density at radius 2 is 1.86 bits per heavy atom. The smallest absolute Gasteiger partial charge is 0.147 e. The molecule has 0 aliphatic rings. The van der Waals surface area contributed by atoms with E-state index < -0.39 is 0 Å². The van der Waals surface area contributed by atoms with Crippen LogP contribution < -0.4 is 10.5 Å². The summed E-state index contributed by atoms with van der Waals surface area (Å²) in [5.41, 5.74) is 6.93. The second-order valence-electron chi connectivity index (χ2n) is 3.27. The van der Waals surface area contributed by atoms with Crippen LogP contribution in [0.3, 0.4) is 0 Å². The van der Waals surface area contributed by atoms with Crippen molar-refractivity contribution in [3.05, 3.63) is 26.6 Å². The Hall–Kier alpha value is -0.0600. The summed E-state index contributed by atoms with van der Waals surface area (Å²) in [6.45, 7) is 1.99. The summed E-state index contributed by atoms with van der Waals surface area (Å²) < 4.78 is 7.11. The average molecular weight is 323 g/mol. The second kappa shape index (κ2) is 5.14. The van der Waals surface area contributed by atoms with Gasteiger partial charge in [0.25, 0.3) is 0 Å². The van der Waals surface area contributed by atoms with E-state index in [1.807, 2.05) is 19.1 Å². The zero-order valence-electron chi connectivity index (χ0n) is 8.18. The first-order valence-electron chi connectivity index (χ1n) is 4.32. The molecule has 1 aromatic carbocycles. The largest absolute Gasteiger partial charge is 0.494 e. The summed E-state index contributed by atoms with van der Waals surface area (Å²) in [7, 11) is 1.65. The molecule has 0 radical (unpaired) electrons. The van der Waals surface area contributed by atoms with E-state index in [1.54, 1.807) is 7.11 Å². The van der Waals surface area contributed by atoms with Crippen LogP contribution in [0.4, 0.5) is 0 Å². The Kier molecular flexibility index (Phi) is 4.41. The molecule has 2 nitrogen and oxygen atoms in total. The van der Waals surface area contributed by atoms with Crippen LogP contribution >= 0.6 is 31.9 Å². The van der Waals surface area contributed by atoms with Crippen LogP contribution in [-0.4, -0.2) is 13.2 Å². The van der Waals surface area contributed by atoms with Gasteiger partial charge < -0.3 is 10.5 Å². The van der Waals surface area contributed by atoms with E-state index in [0.717, 1.165) is 21.1 Å². The lowest BCUT2D eigenvalue weighted by molar-refractivity contribution is 0.409. The first kappa shape index (κ1) is 12.0. The Balaban J connectivity index is 3.01. The lowest BCUT2D eigenvalue weighted by atomic mass is 10.1. The minimum atomic E-state index is 0.169. The maximum Gasteiger partial charge on any atom is 0.147 e. The molecule has 0 saturated heterocycles. The maximum absolute atomic E-state index is 5.73. The first-order valence-corrected chi connectivity index (χ1v) is 5.90. The minimum Gasteiger partial charge on any atom is -0.494 e. The third-order valence-electron chi connectivity index (χ3n) is 1.82. The Morgan fingerprint density at radius 1 is 1.36 bits per heavy atom. The first-order chi connectivity index (χ1) is 6.54. The average Bonchev–Trinajstić information content (AvgIpc) is 2.01. The molecule has 0 saturated carbocycles. The molecule has 0 fully saturated rings. The molecule has 78 valence electrons. The van der Waals surface area contributed by atoms with Gasteiger partial charge in [-0.05, 0) is 62.9 Å². The number of hydrogen-bond acceptors (Lipinski definition) is 2. The topological polar surface area (TPSA) is 35.2 Å². The van der Waals surface area contributed by atoms with Crippen LogP contribution in [0.2, 0.25) is 0 Å². The van der Waals surface area contributed by atoms with Crippen LogP contribution in [0.5, 0.6) is 5.75 Å². The number of benzene rings is 1. The zero-order valence-corrected chi connectivity index (χ0v) is 11.4. The standard InChI is InChI=1S/C10H13Br2NO/c1-6(13)3-7-4-8(11)10(14-2)9(12)5-7/h4-6H,3,13H2,1-2H3. The van der Waals surface area contributed by atoms with E-state index in [-0.39, 0.29) is 6.04 Å². The fourth-order valence-electron chi connectivity index (χ4n) is 1.30. The highest BCUT2D eigenvalue weighted by Crippen LogP contribution is 2.34. The summed E-state index contributed by atoms with van der Waals surface area (Å²) in [5, 5.41) is 0. The zero-order chi connectivity index (χ0) is 10.7. The summed E-state index contributed by atoms with van der Waals surface area (Å²) in [6.07, 6.45) is 0.862. The van der Waals surface area contributed by atoms with E-state index in [0.29, 0.717) is 0 Å². The monoisotopic (exact) mass is 321 g/mol. The van der Waals surface area contributed by atoms with Crippen molar-refractivity contribution in [3.8, 4) is 5.75 Å². The molecule has 4 heteroatoms. The van der Waals surface area contributed by atoms with Crippen molar-refractivity contribution < 1.29 is 4.74 Å². The molecule has 1 rings (SSSR count). The third kappa shape index (κ3) is 2.97. The molecule has 0 aliphatic carbocycles. The van der Waals surface area contributed by atoms with Crippen LogP contribution in [0, 0.1) is 0 Å². The van der Waals surface area contributed by atoms with Crippen molar-refractivity contribution in [1.82, 2.24) is 0 Å². The summed E-state index contributed by atoms with van der Waals surface area (Å²) in [6, 6.07) is 4.24. The fourth-order valence-corrected chi connectivity index (χ4v) is 2.90. The van der Waals surface area contributed by atoms with Crippen molar-refractivity contribution in [2.45, 2.75) is 19.4 Å². The van der Waals surface area contributed by atoms with Gasteiger partial charge in [-0.2, -0.15) is 0 Å². The van der Waals surface area contributed by atoms with Crippen LogP contribution in [0.25, 0.3) is 0 Å². The van der Waals surface area contributed by atoms with Crippen molar-refractivity contribution in [3.63, 3.8) is 0 Å². The summed E-state index contributed by atoms with van der Waals surface area (Å²) in [4.78, 5) is 0. The molecular formula is C10H13Br2NO. The van der Waals surface area contributed by atoms with Gasteiger partial charge in [0.15, 0.2) is 0 Å². The Bertz CT molecular complexity index is 303. The van der Waals surface area contributed by atoms with Gasteiger partial charge in [0, 0.05) is 6.04 Å². The van der Waals surface area contributed by atoms with Gasteiger partial charge in [-0.3, -0.25) is 0 Å². The van der Waals surface area contributed by atoms with Crippen LogP contribution in [0.1, 0.15) is 12.5 Å². The number of ether oxygens (including phenoxy) is 1. The van der Waals surface area contributed by atoms with E-state index in [4.69, 9.17) is 10.5 Å². The number of hydrogen-bond donors (Lipinski definition) is 1. The molecule has 0 bridgehead atoms. The molecular weight excluding hydrogens is 310 g/mol. The second-order valence-corrected chi connectivity index (χ2v) is 4.98. The van der Waals surface area contributed by atoms with Crippen LogP contribution in [0.15, 0.2) is 21.1 Å². The molecule has 14 heavy (non-hydrogen) atoms. The van der Waals surface area contributed by atoms with Crippen molar-refractivity contribution in [1.29, 1.82) is 0 Å². The van der Waals surface area contributed by atoms with E-state index in [1.165, 1.54) is 5.56 Å². The van der Waals surface area contributed by atoms with Gasteiger partial charge >= 0.3 is 0 Å².